The minimum atomic E-state index is -0.507. The Labute approximate surface area is 139 Å². The number of ether oxygens (including phenoxy) is 1. The lowest BCUT2D eigenvalue weighted by atomic mass is 9.77. The zero-order valence-electron chi connectivity index (χ0n) is 13.8. The first kappa shape index (κ1) is 16.4. The molecule has 0 saturated heterocycles. The van der Waals surface area contributed by atoms with Crippen molar-refractivity contribution in [3.8, 4) is 0 Å². The molecule has 0 N–H and O–H groups in total. The smallest absolute Gasteiger partial charge is 0.332 e. The van der Waals surface area contributed by atoms with Crippen LogP contribution in [0.3, 0.4) is 0 Å². The molecular weight excluding hydrogens is 314 g/mol. The molecule has 3 rings (SSSR count). The van der Waals surface area contributed by atoms with E-state index < -0.39 is 5.97 Å². The summed E-state index contributed by atoms with van der Waals surface area (Å²) in [7, 11) is 1.31. The van der Waals surface area contributed by atoms with Crippen LogP contribution >= 0.6 is 11.3 Å². The summed E-state index contributed by atoms with van der Waals surface area (Å²) >= 11 is 1.26. The van der Waals surface area contributed by atoms with Gasteiger partial charge in [0.2, 0.25) is 0 Å². The molecule has 23 heavy (non-hydrogen) atoms. The molecular formula is C16H23N3O3S. The standard InChI is InChI=1S/C16H23N3O3S/c1-10-5-4-6-12(11(10)2)18-8-17-16-19(9-18)15(21)13(23-16)7-14(20)22-3/h7,10-12H,4-6,8-9H2,1-3H3/b13-7-/t10-,11+,12-/m0/s1. The van der Waals surface area contributed by atoms with Gasteiger partial charge >= 0.3 is 5.97 Å². The van der Waals surface area contributed by atoms with Gasteiger partial charge in [0.25, 0.3) is 5.56 Å². The first-order chi connectivity index (χ1) is 11.0. The number of carbonyl (C=O) groups is 1. The van der Waals surface area contributed by atoms with E-state index in [1.165, 1.54) is 37.4 Å². The van der Waals surface area contributed by atoms with E-state index >= 15 is 0 Å². The third-order valence-corrected chi connectivity index (χ3v) is 6.23. The zero-order chi connectivity index (χ0) is 16.6. The molecule has 0 aromatic carbocycles. The van der Waals surface area contributed by atoms with Crippen LogP contribution in [0.1, 0.15) is 33.1 Å². The van der Waals surface area contributed by atoms with Gasteiger partial charge in [-0.2, -0.15) is 0 Å². The highest BCUT2D eigenvalue weighted by Crippen LogP contribution is 2.33. The Bertz CT molecular complexity index is 767. The molecule has 1 aromatic rings. The van der Waals surface area contributed by atoms with Gasteiger partial charge in [-0.25, -0.2) is 9.79 Å². The SMILES string of the molecule is COC(=O)/C=c1\sc2n(c1=O)CN([C@H]1CCC[C@H](C)[C@H]1C)CN=2. The molecule has 1 aromatic heterocycles. The van der Waals surface area contributed by atoms with Gasteiger partial charge in [0, 0.05) is 12.1 Å². The van der Waals surface area contributed by atoms with Crippen molar-refractivity contribution in [3.63, 3.8) is 0 Å². The monoisotopic (exact) mass is 337 g/mol. The summed E-state index contributed by atoms with van der Waals surface area (Å²) in [6, 6.07) is 0.468. The summed E-state index contributed by atoms with van der Waals surface area (Å²) in [5, 5.41) is 0. The van der Waals surface area contributed by atoms with Crippen molar-refractivity contribution in [2.75, 3.05) is 13.8 Å². The van der Waals surface area contributed by atoms with Gasteiger partial charge in [-0.3, -0.25) is 14.3 Å². The fourth-order valence-corrected chi connectivity index (χ4v) is 4.50. The van der Waals surface area contributed by atoms with Gasteiger partial charge in [0.1, 0.15) is 4.53 Å². The van der Waals surface area contributed by atoms with Crippen LogP contribution in [0.15, 0.2) is 9.79 Å². The van der Waals surface area contributed by atoms with Crippen molar-refractivity contribution in [2.45, 2.75) is 45.8 Å². The Morgan fingerprint density at radius 1 is 1.39 bits per heavy atom. The number of hydrogen-bond donors (Lipinski definition) is 0. The van der Waals surface area contributed by atoms with Crippen LogP contribution in [0.2, 0.25) is 0 Å². The maximum absolute atomic E-state index is 12.5. The van der Waals surface area contributed by atoms with Crippen LogP contribution in [0.25, 0.3) is 6.08 Å². The van der Waals surface area contributed by atoms with Crippen molar-refractivity contribution in [1.82, 2.24) is 9.47 Å². The second-order valence-corrected chi connectivity index (χ2v) is 7.52. The highest BCUT2D eigenvalue weighted by molar-refractivity contribution is 7.07. The third kappa shape index (κ3) is 3.12. The Balaban J connectivity index is 1.88. The van der Waals surface area contributed by atoms with Crippen molar-refractivity contribution in [1.29, 1.82) is 0 Å². The maximum atomic E-state index is 12.5. The van der Waals surface area contributed by atoms with Crippen molar-refractivity contribution in [2.24, 2.45) is 16.8 Å². The molecule has 1 fully saturated rings. The Hall–Kier alpha value is -1.47. The average Bonchev–Trinajstić information content (AvgIpc) is 2.85. The first-order valence-corrected chi connectivity index (χ1v) is 8.90. The second-order valence-electron chi connectivity index (χ2n) is 6.51. The van der Waals surface area contributed by atoms with E-state index in [-0.39, 0.29) is 5.56 Å². The number of thiazole rings is 1. The summed E-state index contributed by atoms with van der Waals surface area (Å²) in [4.78, 5) is 31.4. The number of fused-ring (bicyclic) bond motifs is 1. The highest BCUT2D eigenvalue weighted by atomic mass is 32.1. The van der Waals surface area contributed by atoms with Crippen LogP contribution in [0, 0.1) is 11.8 Å². The molecule has 3 atom stereocenters. The quantitative estimate of drug-likeness (QED) is 0.739. The number of rotatable bonds is 2. The van der Waals surface area contributed by atoms with Crippen molar-refractivity contribution >= 4 is 23.4 Å². The zero-order valence-corrected chi connectivity index (χ0v) is 14.6. The molecule has 6 nitrogen and oxygen atoms in total. The van der Waals surface area contributed by atoms with E-state index in [1.54, 1.807) is 4.57 Å². The number of methoxy groups -OCH3 is 1. The summed E-state index contributed by atoms with van der Waals surface area (Å²) in [6.45, 7) is 5.80. The lowest BCUT2D eigenvalue weighted by Gasteiger charge is -2.41. The molecule has 1 aliphatic carbocycles. The van der Waals surface area contributed by atoms with Gasteiger partial charge in [0.05, 0.1) is 20.4 Å². The number of esters is 1. The van der Waals surface area contributed by atoms with E-state index in [0.29, 0.717) is 40.5 Å². The third-order valence-electron chi connectivity index (χ3n) is 5.18. The predicted octanol–water partition coefficient (Wildman–Crippen LogP) is 0.538. The summed E-state index contributed by atoms with van der Waals surface area (Å²) in [5.74, 6) is 0.807. The van der Waals surface area contributed by atoms with E-state index in [1.807, 2.05) is 0 Å². The highest BCUT2D eigenvalue weighted by Gasteiger charge is 2.32. The summed E-state index contributed by atoms with van der Waals surface area (Å²) < 4.78 is 6.67. The molecule has 7 heteroatoms. The Morgan fingerprint density at radius 3 is 2.91 bits per heavy atom. The van der Waals surface area contributed by atoms with E-state index in [0.717, 1.165) is 6.42 Å². The predicted molar refractivity (Wildman–Crippen MR) is 88.5 cm³/mol. The average molecular weight is 337 g/mol. The van der Waals surface area contributed by atoms with Crippen molar-refractivity contribution in [3.05, 3.63) is 19.7 Å². The van der Waals surface area contributed by atoms with Crippen LogP contribution in [0.5, 0.6) is 0 Å². The minimum Gasteiger partial charge on any atom is -0.466 e. The van der Waals surface area contributed by atoms with E-state index in [2.05, 4.69) is 28.5 Å². The van der Waals surface area contributed by atoms with E-state index in [4.69, 9.17) is 0 Å². The lowest BCUT2D eigenvalue weighted by Crippen LogP contribution is -2.50. The molecule has 126 valence electrons. The normalized spacial score (nSPS) is 29.0. The molecule has 2 heterocycles. The van der Waals surface area contributed by atoms with Crippen LogP contribution in [0.4, 0.5) is 0 Å². The molecule has 0 radical (unpaired) electrons. The number of hydrogen-bond acceptors (Lipinski definition) is 6. The van der Waals surface area contributed by atoms with Crippen LogP contribution in [-0.4, -0.2) is 35.3 Å². The number of nitrogens with zero attached hydrogens (tertiary/aromatic N) is 3. The minimum absolute atomic E-state index is 0.152. The largest absolute Gasteiger partial charge is 0.466 e. The molecule has 1 saturated carbocycles. The fraction of sp³-hybridized carbons (Fsp3) is 0.688. The second kappa shape index (κ2) is 6.57. The van der Waals surface area contributed by atoms with Crippen LogP contribution < -0.4 is 14.9 Å². The van der Waals surface area contributed by atoms with Crippen LogP contribution in [-0.2, 0) is 16.2 Å². The lowest BCUT2D eigenvalue weighted by molar-refractivity contribution is -0.133. The van der Waals surface area contributed by atoms with Crippen molar-refractivity contribution < 1.29 is 9.53 Å². The molecule has 0 amide bonds. The maximum Gasteiger partial charge on any atom is 0.332 e. The van der Waals surface area contributed by atoms with Gasteiger partial charge in [0.15, 0.2) is 4.80 Å². The molecule has 1 aliphatic heterocycles. The molecule has 0 unspecified atom stereocenters. The topological polar surface area (TPSA) is 63.9 Å². The molecule has 0 spiro atoms. The van der Waals surface area contributed by atoms with E-state index in [9.17, 15) is 9.59 Å². The van der Waals surface area contributed by atoms with Gasteiger partial charge in [-0.1, -0.05) is 38.0 Å². The van der Waals surface area contributed by atoms with Gasteiger partial charge in [-0.15, -0.1) is 0 Å². The molecule has 0 bridgehead atoms. The summed E-state index contributed by atoms with van der Waals surface area (Å²) in [5.41, 5.74) is -0.152. The van der Waals surface area contributed by atoms with Gasteiger partial charge < -0.3 is 4.74 Å². The Morgan fingerprint density at radius 2 is 2.17 bits per heavy atom. The summed E-state index contributed by atoms with van der Waals surface area (Å²) in [6.07, 6.45) is 4.93. The first-order valence-electron chi connectivity index (χ1n) is 8.09. The van der Waals surface area contributed by atoms with Gasteiger partial charge in [-0.05, 0) is 18.3 Å². The molecule has 2 aliphatic rings. The fourth-order valence-electron chi connectivity index (χ4n) is 3.57. The number of carbonyl (C=O) groups excluding carboxylic acids is 1. The number of aromatic nitrogens is 1. The Kier molecular flexibility index (Phi) is 4.68.